The predicted octanol–water partition coefficient (Wildman–Crippen LogP) is 2.20. The van der Waals surface area contributed by atoms with E-state index in [0.29, 0.717) is 30.8 Å². The highest BCUT2D eigenvalue weighted by Crippen LogP contribution is 2.38. The van der Waals surface area contributed by atoms with Crippen LogP contribution in [0.15, 0.2) is 36.9 Å². The zero-order valence-corrected chi connectivity index (χ0v) is 11.3. The Labute approximate surface area is 118 Å². The number of rotatable bonds is 1. The molecule has 0 N–H and O–H groups in total. The van der Waals surface area contributed by atoms with Crippen LogP contribution in [0.4, 0.5) is 0 Å². The van der Waals surface area contributed by atoms with Gasteiger partial charge in [-0.15, -0.1) is 0 Å². The molecule has 2 aliphatic heterocycles. The number of nitrogens with zero attached hydrogens (tertiary/aromatic N) is 1. The van der Waals surface area contributed by atoms with Crippen LogP contribution in [-0.2, 0) is 4.79 Å². The lowest BCUT2D eigenvalue weighted by Gasteiger charge is -2.44. The topological polar surface area (TPSA) is 46.6 Å². The Bertz CT molecular complexity index is 581. The van der Waals surface area contributed by atoms with Crippen LogP contribution in [0.5, 0.6) is 5.75 Å². The molecule has 1 atom stereocenters. The lowest BCUT2D eigenvalue weighted by molar-refractivity contribution is -0.131. The lowest BCUT2D eigenvalue weighted by Crippen LogP contribution is -2.55. The van der Waals surface area contributed by atoms with Gasteiger partial charge >= 0.3 is 0 Å². The van der Waals surface area contributed by atoms with Crippen LogP contribution >= 0.6 is 0 Å². The number of Topliss-reactive ketones (excluding diaryl/α,β-unsaturated/α-hetero) is 1. The van der Waals surface area contributed by atoms with Gasteiger partial charge in [-0.1, -0.05) is 18.7 Å². The van der Waals surface area contributed by atoms with Gasteiger partial charge in [0.1, 0.15) is 11.4 Å². The molecule has 1 amide bonds. The summed E-state index contributed by atoms with van der Waals surface area (Å²) in [6.07, 6.45) is 3.30. The van der Waals surface area contributed by atoms with Crippen LogP contribution in [0.2, 0.25) is 0 Å². The van der Waals surface area contributed by atoms with Crippen LogP contribution in [-0.4, -0.2) is 35.3 Å². The third kappa shape index (κ3) is 2.11. The van der Waals surface area contributed by atoms with Crippen molar-refractivity contribution in [2.24, 2.45) is 0 Å². The first kappa shape index (κ1) is 12.9. The molecule has 0 saturated carbocycles. The molecule has 4 nitrogen and oxygen atoms in total. The van der Waals surface area contributed by atoms with Crippen molar-refractivity contribution in [3.63, 3.8) is 0 Å². The standard InChI is InChI=1S/C16H17NO3/c1-2-15(19)17-9-5-8-16(11-17)10-13(18)12-6-3-4-7-14(12)20-16/h2-4,6-7H,1,5,8-11H2. The van der Waals surface area contributed by atoms with Gasteiger partial charge in [0.2, 0.25) is 5.91 Å². The van der Waals surface area contributed by atoms with Gasteiger partial charge in [-0.05, 0) is 31.1 Å². The molecule has 0 bridgehead atoms. The molecule has 3 rings (SSSR count). The lowest BCUT2D eigenvalue weighted by atomic mass is 9.83. The van der Waals surface area contributed by atoms with Gasteiger partial charge in [0.25, 0.3) is 0 Å². The fourth-order valence-corrected chi connectivity index (χ4v) is 3.09. The summed E-state index contributed by atoms with van der Waals surface area (Å²) >= 11 is 0. The molecule has 1 aromatic rings. The van der Waals surface area contributed by atoms with Gasteiger partial charge in [0, 0.05) is 6.54 Å². The number of ether oxygens (including phenoxy) is 1. The summed E-state index contributed by atoms with van der Waals surface area (Å²) in [5, 5.41) is 0. The van der Waals surface area contributed by atoms with Crippen LogP contribution in [0.1, 0.15) is 29.6 Å². The molecule has 0 radical (unpaired) electrons. The van der Waals surface area contributed by atoms with Crippen LogP contribution in [0, 0.1) is 0 Å². The second-order valence-electron chi connectivity index (χ2n) is 5.45. The number of carbonyl (C=O) groups is 2. The minimum Gasteiger partial charge on any atom is -0.484 e. The van der Waals surface area contributed by atoms with E-state index in [9.17, 15) is 9.59 Å². The van der Waals surface area contributed by atoms with Gasteiger partial charge in [-0.2, -0.15) is 0 Å². The molecule has 0 aromatic heterocycles. The van der Waals surface area contributed by atoms with Crippen LogP contribution in [0.3, 0.4) is 0 Å². The fourth-order valence-electron chi connectivity index (χ4n) is 3.09. The number of likely N-dealkylation sites (tertiary alicyclic amines) is 1. The number of fused-ring (bicyclic) bond motifs is 1. The number of hydrogen-bond donors (Lipinski definition) is 0. The number of piperidine rings is 1. The molecule has 1 saturated heterocycles. The maximum absolute atomic E-state index is 12.3. The Morgan fingerprint density at radius 2 is 2.20 bits per heavy atom. The molecular formula is C16H17NO3. The van der Waals surface area contributed by atoms with Gasteiger partial charge < -0.3 is 9.64 Å². The van der Waals surface area contributed by atoms with Crippen molar-refractivity contribution in [2.75, 3.05) is 13.1 Å². The Morgan fingerprint density at radius 3 is 3.00 bits per heavy atom. The van der Waals surface area contributed by atoms with E-state index in [1.165, 1.54) is 6.08 Å². The zero-order valence-electron chi connectivity index (χ0n) is 11.3. The van der Waals surface area contributed by atoms with E-state index < -0.39 is 5.60 Å². The average molecular weight is 271 g/mol. The molecule has 1 spiro atoms. The maximum atomic E-state index is 12.3. The van der Waals surface area contributed by atoms with Crippen molar-refractivity contribution in [1.82, 2.24) is 4.90 Å². The minimum absolute atomic E-state index is 0.0970. The third-order valence-electron chi connectivity index (χ3n) is 4.02. The Kier molecular flexibility index (Phi) is 3.08. The highest BCUT2D eigenvalue weighted by atomic mass is 16.5. The van der Waals surface area contributed by atoms with E-state index >= 15 is 0 Å². The Balaban J connectivity index is 1.89. The van der Waals surface area contributed by atoms with Crippen LogP contribution < -0.4 is 4.74 Å². The van der Waals surface area contributed by atoms with Crippen molar-refractivity contribution < 1.29 is 14.3 Å². The molecule has 4 heteroatoms. The number of para-hydroxylation sites is 1. The summed E-state index contributed by atoms with van der Waals surface area (Å²) in [6, 6.07) is 7.32. The van der Waals surface area contributed by atoms with Gasteiger partial charge in [0.05, 0.1) is 18.5 Å². The van der Waals surface area contributed by atoms with Gasteiger partial charge in [0.15, 0.2) is 5.78 Å². The van der Waals surface area contributed by atoms with E-state index in [1.54, 1.807) is 11.0 Å². The van der Waals surface area contributed by atoms with E-state index in [2.05, 4.69) is 6.58 Å². The van der Waals surface area contributed by atoms with Crippen molar-refractivity contribution in [3.05, 3.63) is 42.5 Å². The SMILES string of the molecule is C=CC(=O)N1CCCC2(CC(=O)c3ccccc3O2)C1. The zero-order chi connectivity index (χ0) is 14.2. The molecule has 1 aromatic carbocycles. The number of benzene rings is 1. The summed E-state index contributed by atoms with van der Waals surface area (Å²) in [5.74, 6) is 0.635. The average Bonchev–Trinajstić information content (AvgIpc) is 2.46. The highest BCUT2D eigenvalue weighted by molar-refractivity contribution is 6.00. The van der Waals surface area contributed by atoms with E-state index in [0.717, 1.165) is 12.8 Å². The smallest absolute Gasteiger partial charge is 0.246 e. The second-order valence-corrected chi connectivity index (χ2v) is 5.45. The summed E-state index contributed by atoms with van der Waals surface area (Å²) in [5.41, 5.74) is 0.0767. The maximum Gasteiger partial charge on any atom is 0.246 e. The molecular weight excluding hydrogens is 254 g/mol. The number of ketones is 1. The molecule has 1 fully saturated rings. The van der Waals surface area contributed by atoms with E-state index in [1.807, 2.05) is 18.2 Å². The van der Waals surface area contributed by atoms with Gasteiger partial charge in [-0.3, -0.25) is 9.59 Å². The summed E-state index contributed by atoms with van der Waals surface area (Å²) < 4.78 is 6.11. The predicted molar refractivity (Wildman–Crippen MR) is 74.8 cm³/mol. The largest absolute Gasteiger partial charge is 0.484 e. The Morgan fingerprint density at radius 1 is 1.40 bits per heavy atom. The normalized spacial score (nSPS) is 25.0. The van der Waals surface area contributed by atoms with Gasteiger partial charge in [-0.25, -0.2) is 0 Å². The molecule has 1 unspecified atom stereocenters. The molecule has 2 aliphatic rings. The monoisotopic (exact) mass is 271 g/mol. The molecule has 0 aliphatic carbocycles. The first-order valence-electron chi connectivity index (χ1n) is 6.86. The third-order valence-corrected chi connectivity index (χ3v) is 4.02. The van der Waals surface area contributed by atoms with E-state index in [4.69, 9.17) is 4.74 Å². The van der Waals surface area contributed by atoms with Crippen molar-refractivity contribution in [1.29, 1.82) is 0 Å². The molecule has 104 valence electrons. The number of hydrogen-bond acceptors (Lipinski definition) is 3. The number of amides is 1. The van der Waals surface area contributed by atoms with Crippen molar-refractivity contribution in [3.8, 4) is 5.75 Å². The van der Waals surface area contributed by atoms with Crippen LogP contribution in [0.25, 0.3) is 0 Å². The fraction of sp³-hybridized carbons (Fsp3) is 0.375. The first-order chi connectivity index (χ1) is 9.63. The summed E-state index contributed by atoms with van der Waals surface area (Å²) in [6.45, 7) is 4.68. The molecule has 20 heavy (non-hydrogen) atoms. The quantitative estimate of drug-likeness (QED) is 0.736. The second kappa shape index (κ2) is 4.78. The van der Waals surface area contributed by atoms with Crippen molar-refractivity contribution >= 4 is 11.7 Å². The minimum atomic E-state index is -0.567. The summed E-state index contributed by atoms with van der Waals surface area (Å²) in [7, 11) is 0. The van der Waals surface area contributed by atoms with Crippen molar-refractivity contribution in [2.45, 2.75) is 24.9 Å². The number of carbonyl (C=O) groups excluding carboxylic acids is 2. The molecule has 2 heterocycles. The van der Waals surface area contributed by atoms with E-state index in [-0.39, 0.29) is 11.7 Å². The summed E-state index contributed by atoms with van der Waals surface area (Å²) in [4.78, 5) is 25.8. The Hall–Kier alpha value is -2.10. The highest BCUT2D eigenvalue weighted by Gasteiger charge is 2.44. The first-order valence-corrected chi connectivity index (χ1v) is 6.86.